The van der Waals surface area contributed by atoms with Crippen LogP contribution in [0.2, 0.25) is 0 Å². The van der Waals surface area contributed by atoms with Gasteiger partial charge in [0.1, 0.15) is 6.10 Å². The molecule has 2 N–H and O–H groups in total. The van der Waals surface area contributed by atoms with Gasteiger partial charge in [0, 0.05) is 6.04 Å². The first-order valence-electron chi connectivity index (χ1n) is 7.09. The normalized spacial score (nSPS) is 34.2. The molecule has 3 rings (SSSR count). The summed E-state index contributed by atoms with van der Waals surface area (Å²) in [4.78, 5) is 12.1. The van der Waals surface area contributed by atoms with Gasteiger partial charge in [-0.1, -0.05) is 30.3 Å². The highest BCUT2D eigenvalue weighted by molar-refractivity contribution is 5.74. The quantitative estimate of drug-likeness (QED) is 0.849. The third kappa shape index (κ3) is 2.39. The van der Waals surface area contributed by atoms with Gasteiger partial charge in [-0.25, -0.2) is 0 Å². The number of nitrogens with two attached hydrogens (primary N) is 1. The van der Waals surface area contributed by atoms with Crippen LogP contribution in [0.4, 0.5) is 0 Å². The summed E-state index contributed by atoms with van der Waals surface area (Å²) < 4.78 is 5.56. The van der Waals surface area contributed by atoms with Crippen molar-refractivity contribution < 1.29 is 9.53 Å². The molecule has 0 aromatic heterocycles. The maximum absolute atomic E-state index is 12.1. The topological polar surface area (TPSA) is 52.3 Å². The van der Waals surface area contributed by atoms with Crippen LogP contribution >= 0.6 is 0 Å². The lowest BCUT2D eigenvalue weighted by Gasteiger charge is -2.56. The van der Waals surface area contributed by atoms with Crippen LogP contribution < -0.4 is 5.73 Å². The number of ether oxygens (including phenoxy) is 1. The van der Waals surface area contributed by atoms with Crippen LogP contribution in [-0.2, 0) is 9.53 Å². The van der Waals surface area contributed by atoms with Gasteiger partial charge < -0.3 is 10.5 Å². The summed E-state index contributed by atoms with van der Waals surface area (Å²) in [5.74, 6) is 0.0566. The Balaban J connectivity index is 1.50. The molecule has 1 aromatic rings. The van der Waals surface area contributed by atoms with Crippen LogP contribution in [-0.4, -0.2) is 12.0 Å². The summed E-state index contributed by atoms with van der Waals surface area (Å²) in [6.07, 6.45) is 3.96. The van der Waals surface area contributed by atoms with E-state index in [0.717, 1.165) is 31.2 Å². The number of hydrogen-bond acceptors (Lipinski definition) is 3. The van der Waals surface area contributed by atoms with Crippen LogP contribution in [0.15, 0.2) is 30.3 Å². The molecule has 1 aromatic carbocycles. The molecule has 0 bridgehead atoms. The van der Waals surface area contributed by atoms with Gasteiger partial charge in [0.25, 0.3) is 0 Å². The molecule has 19 heavy (non-hydrogen) atoms. The minimum atomic E-state index is -0.158. The molecule has 0 heterocycles. The third-order valence-corrected chi connectivity index (χ3v) is 4.64. The molecule has 0 saturated heterocycles. The molecular formula is C16H21NO2. The maximum Gasteiger partial charge on any atom is 0.309 e. The first-order chi connectivity index (χ1) is 9.08. The Kier molecular flexibility index (Phi) is 3.09. The van der Waals surface area contributed by atoms with Gasteiger partial charge >= 0.3 is 5.97 Å². The lowest BCUT2D eigenvalue weighted by Crippen LogP contribution is -2.55. The first-order valence-corrected chi connectivity index (χ1v) is 7.09. The van der Waals surface area contributed by atoms with Crippen molar-refractivity contribution in [2.45, 2.75) is 44.8 Å². The smallest absolute Gasteiger partial charge is 0.309 e. The van der Waals surface area contributed by atoms with Crippen molar-refractivity contribution in [3.05, 3.63) is 35.9 Å². The summed E-state index contributed by atoms with van der Waals surface area (Å²) in [6, 6.07) is 10.2. The highest BCUT2D eigenvalue weighted by Gasteiger charge is 2.54. The molecule has 2 aliphatic rings. The second kappa shape index (κ2) is 4.64. The fourth-order valence-electron chi connectivity index (χ4n) is 3.60. The van der Waals surface area contributed by atoms with Crippen LogP contribution in [0, 0.1) is 11.3 Å². The SMILES string of the molecule is CC(OC(=O)C1CC2(CC(N)C2)C1)c1ccccc1. The number of carbonyl (C=O) groups excluding carboxylic acids is 1. The Morgan fingerprint density at radius 3 is 2.47 bits per heavy atom. The van der Waals surface area contributed by atoms with Crippen molar-refractivity contribution in [3.63, 3.8) is 0 Å². The van der Waals surface area contributed by atoms with Gasteiger partial charge in [-0.15, -0.1) is 0 Å². The van der Waals surface area contributed by atoms with E-state index in [1.807, 2.05) is 37.3 Å². The lowest BCUT2D eigenvalue weighted by molar-refractivity contribution is -0.167. The average molecular weight is 259 g/mol. The average Bonchev–Trinajstić information content (AvgIpc) is 2.32. The van der Waals surface area contributed by atoms with E-state index in [0.29, 0.717) is 11.5 Å². The second-order valence-corrected chi connectivity index (χ2v) is 6.26. The Morgan fingerprint density at radius 1 is 1.26 bits per heavy atom. The molecular weight excluding hydrogens is 238 g/mol. The Hall–Kier alpha value is -1.35. The predicted octanol–water partition coefficient (Wildman–Crippen LogP) is 2.81. The molecule has 1 spiro atoms. The van der Waals surface area contributed by atoms with Crippen molar-refractivity contribution in [1.82, 2.24) is 0 Å². The van der Waals surface area contributed by atoms with Gasteiger partial charge in [0.05, 0.1) is 5.92 Å². The second-order valence-electron chi connectivity index (χ2n) is 6.26. The molecule has 2 aliphatic carbocycles. The molecule has 0 amide bonds. The lowest BCUT2D eigenvalue weighted by atomic mass is 9.50. The minimum Gasteiger partial charge on any atom is -0.458 e. The van der Waals surface area contributed by atoms with Gasteiger partial charge in [-0.05, 0) is 43.6 Å². The van der Waals surface area contributed by atoms with E-state index >= 15 is 0 Å². The van der Waals surface area contributed by atoms with Gasteiger partial charge in [0.2, 0.25) is 0 Å². The highest BCUT2D eigenvalue weighted by atomic mass is 16.5. The summed E-state index contributed by atoms with van der Waals surface area (Å²) in [7, 11) is 0. The molecule has 2 fully saturated rings. The van der Waals surface area contributed by atoms with E-state index in [1.165, 1.54) is 0 Å². The first kappa shape index (κ1) is 12.7. The van der Waals surface area contributed by atoms with Gasteiger partial charge in [-0.2, -0.15) is 0 Å². The van der Waals surface area contributed by atoms with Crippen LogP contribution in [0.5, 0.6) is 0 Å². The number of carbonyl (C=O) groups is 1. The largest absolute Gasteiger partial charge is 0.458 e. The molecule has 1 atom stereocenters. The van der Waals surface area contributed by atoms with Crippen molar-refractivity contribution >= 4 is 5.97 Å². The maximum atomic E-state index is 12.1. The molecule has 1 unspecified atom stereocenters. The summed E-state index contributed by atoms with van der Waals surface area (Å²) in [5.41, 5.74) is 7.27. The van der Waals surface area contributed by atoms with E-state index < -0.39 is 0 Å². The molecule has 0 radical (unpaired) electrons. The fraction of sp³-hybridized carbons (Fsp3) is 0.562. The number of benzene rings is 1. The highest BCUT2D eigenvalue weighted by Crippen LogP contribution is 2.58. The van der Waals surface area contributed by atoms with Crippen molar-refractivity contribution in [3.8, 4) is 0 Å². The zero-order chi connectivity index (χ0) is 13.5. The molecule has 3 nitrogen and oxygen atoms in total. The Labute approximate surface area is 114 Å². The van der Waals surface area contributed by atoms with Gasteiger partial charge in [0.15, 0.2) is 0 Å². The van der Waals surface area contributed by atoms with E-state index in [9.17, 15) is 4.79 Å². The van der Waals surface area contributed by atoms with Gasteiger partial charge in [-0.3, -0.25) is 4.79 Å². The van der Waals surface area contributed by atoms with E-state index in [-0.39, 0.29) is 18.0 Å². The Bertz CT molecular complexity index is 457. The van der Waals surface area contributed by atoms with E-state index in [1.54, 1.807) is 0 Å². The number of esters is 1. The summed E-state index contributed by atoms with van der Waals surface area (Å²) >= 11 is 0. The van der Waals surface area contributed by atoms with E-state index in [4.69, 9.17) is 10.5 Å². The fourth-order valence-corrected chi connectivity index (χ4v) is 3.60. The molecule has 3 heteroatoms. The summed E-state index contributed by atoms with van der Waals surface area (Å²) in [6.45, 7) is 1.93. The minimum absolute atomic E-state index is 0.0394. The van der Waals surface area contributed by atoms with E-state index in [2.05, 4.69) is 0 Å². The van der Waals surface area contributed by atoms with Crippen LogP contribution in [0.3, 0.4) is 0 Å². The molecule has 102 valence electrons. The van der Waals surface area contributed by atoms with Crippen molar-refractivity contribution in [2.24, 2.45) is 17.1 Å². The predicted molar refractivity (Wildman–Crippen MR) is 73.3 cm³/mol. The van der Waals surface area contributed by atoms with Crippen molar-refractivity contribution in [2.75, 3.05) is 0 Å². The molecule has 0 aliphatic heterocycles. The summed E-state index contributed by atoms with van der Waals surface area (Å²) in [5, 5.41) is 0. The number of rotatable bonds is 3. The Morgan fingerprint density at radius 2 is 1.89 bits per heavy atom. The monoisotopic (exact) mass is 259 g/mol. The molecule has 2 saturated carbocycles. The standard InChI is InChI=1S/C16H21NO2/c1-11(12-5-3-2-4-6-12)19-15(18)13-7-16(8-13)9-14(17)10-16/h2-6,11,13-14H,7-10,17H2,1H3. The zero-order valence-corrected chi connectivity index (χ0v) is 11.3. The van der Waals surface area contributed by atoms with Crippen molar-refractivity contribution in [1.29, 1.82) is 0 Å². The van der Waals surface area contributed by atoms with Crippen LogP contribution in [0.1, 0.15) is 44.3 Å². The zero-order valence-electron chi connectivity index (χ0n) is 11.3. The number of hydrogen-bond donors (Lipinski definition) is 1. The third-order valence-electron chi connectivity index (χ3n) is 4.64. The van der Waals surface area contributed by atoms with Crippen LogP contribution in [0.25, 0.3) is 0 Å².